The number of nitrogens with two attached hydrogens (primary N) is 1. The van der Waals surface area contributed by atoms with Gasteiger partial charge in [-0.15, -0.1) is 0 Å². The van der Waals surface area contributed by atoms with Gasteiger partial charge in [0.15, 0.2) is 0 Å². The van der Waals surface area contributed by atoms with Gasteiger partial charge in [0.25, 0.3) is 0 Å². The maximum atomic E-state index is 13.7. The number of benzene rings is 1. The first-order chi connectivity index (χ1) is 7.99. The minimum Gasteiger partial charge on any atom is -0.271 e. The van der Waals surface area contributed by atoms with E-state index in [1.54, 1.807) is 6.92 Å². The van der Waals surface area contributed by atoms with Gasteiger partial charge in [-0.2, -0.15) is 0 Å². The molecular weight excluding hydrogens is 222 g/mol. The highest BCUT2D eigenvalue weighted by Crippen LogP contribution is 2.25. The second-order valence-electron chi connectivity index (χ2n) is 4.15. The van der Waals surface area contributed by atoms with Gasteiger partial charge in [0, 0.05) is 11.6 Å². The summed E-state index contributed by atoms with van der Waals surface area (Å²) in [7, 11) is 0. The largest absolute Gasteiger partial charge is 0.271 e. The van der Waals surface area contributed by atoms with Crippen LogP contribution >= 0.6 is 0 Å². The van der Waals surface area contributed by atoms with Crippen molar-refractivity contribution in [1.82, 2.24) is 5.43 Å². The Bertz CT molecular complexity index is 416. The highest BCUT2D eigenvalue weighted by Gasteiger charge is 2.17. The standard InChI is InChI=1S/C13H18F2N2/c1-4-8(2)5-13(17-16)10-6-9(3)11(14)7-12(10)15/h6-7,13,17H,2,4-5,16H2,1,3H3. The summed E-state index contributed by atoms with van der Waals surface area (Å²) in [5.74, 6) is 4.28. The Morgan fingerprint density at radius 3 is 2.59 bits per heavy atom. The van der Waals surface area contributed by atoms with Crippen molar-refractivity contribution in [3.05, 3.63) is 47.0 Å². The lowest BCUT2D eigenvalue weighted by atomic mass is 9.97. The predicted octanol–water partition coefficient (Wildman–Crippen LogP) is 3.13. The van der Waals surface area contributed by atoms with Crippen LogP contribution < -0.4 is 11.3 Å². The first-order valence-electron chi connectivity index (χ1n) is 5.57. The summed E-state index contributed by atoms with van der Waals surface area (Å²) in [5.41, 5.74) is 4.30. The summed E-state index contributed by atoms with van der Waals surface area (Å²) >= 11 is 0. The van der Waals surface area contributed by atoms with Gasteiger partial charge in [0.2, 0.25) is 0 Å². The van der Waals surface area contributed by atoms with Gasteiger partial charge in [-0.05, 0) is 31.4 Å². The SMILES string of the molecule is C=C(CC)CC(NN)c1cc(C)c(F)cc1F. The van der Waals surface area contributed by atoms with E-state index in [2.05, 4.69) is 12.0 Å². The van der Waals surface area contributed by atoms with Crippen LogP contribution in [-0.4, -0.2) is 0 Å². The van der Waals surface area contributed by atoms with Crippen molar-refractivity contribution >= 4 is 0 Å². The van der Waals surface area contributed by atoms with E-state index in [9.17, 15) is 8.78 Å². The van der Waals surface area contributed by atoms with Crippen LogP contribution in [0, 0.1) is 18.6 Å². The lowest BCUT2D eigenvalue weighted by Gasteiger charge is -2.18. The summed E-state index contributed by atoms with van der Waals surface area (Å²) in [6.07, 6.45) is 1.34. The second kappa shape index (κ2) is 5.89. The van der Waals surface area contributed by atoms with Gasteiger partial charge in [-0.1, -0.05) is 19.1 Å². The number of hydrogen-bond donors (Lipinski definition) is 2. The van der Waals surface area contributed by atoms with Crippen LogP contribution in [0.25, 0.3) is 0 Å². The lowest BCUT2D eigenvalue weighted by Crippen LogP contribution is -2.29. The Kier molecular flexibility index (Phi) is 4.78. The Morgan fingerprint density at radius 1 is 1.41 bits per heavy atom. The maximum Gasteiger partial charge on any atom is 0.130 e. The first-order valence-corrected chi connectivity index (χ1v) is 5.57. The molecule has 0 spiro atoms. The van der Waals surface area contributed by atoms with Gasteiger partial charge < -0.3 is 0 Å². The Labute approximate surface area is 100 Å². The summed E-state index contributed by atoms with van der Waals surface area (Å²) < 4.78 is 26.8. The third-order valence-electron chi connectivity index (χ3n) is 2.85. The molecular formula is C13H18F2N2. The van der Waals surface area contributed by atoms with Crippen molar-refractivity contribution in [2.24, 2.45) is 5.84 Å². The van der Waals surface area contributed by atoms with E-state index >= 15 is 0 Å². The molecule has 0 aromatic heterocycles. The van der Waals surface area contributed by atoms with E-state index < -0.39 is 11.6 Å². The van der Waals surface area contributed by atoms with Crippen molar-refractivity contribution in [3.63, 3.8) is 0 Å². The predicted molar refractivity (Wildman–Crippen MR) is 65.2 cm³/mol. The van der Waals surface area contributed by atoms with E-state index in [-0.39, 0.29) is 6.04 Å². The molecule has 1 atom stereocenters. The zero-order valence-corrected chi connectivity index (χ0v) is 10.2. The monoisotopic (exact) mass is 240 g/mol. The van der Waals surface area contributed by atoms with E-state index in [1.165, 1.54) is 6.07 Å². The number of aryl methyl sites for hydroxylation is 1. The van der Waals surface area contributed by atoms with Crippen molar-refractivity contribution in [2.75, 3.05) is 0 Å². The quantitative estimate of drug-likeness (QED) is 0.471. The van der Waals surface area contributed by atoms with Crippen molar-refractivity contribution in [2.45, 2.75) is 32.7 Å². The van der Waals surface area contributed by atoms with Crippen LogP contribution in [0.3, 0.4) is 0 Å². The highest BCUT2D eigenvalue weighted by molar-refractivity contribution is 5.29. The molecule has 0 heterocycles. The molecule has 0 bridgehead atoms. The van der Waals surface area contributed by atoms with Crippen LogP contribution in [0.4, 0.5) is 8.78 Å². The molecule has 1 aromatic carbocycles. The van der Waals surface area contributed by atoms with E-state index in [0.29, 0.717) is 17.5 Å². The summed E-state index contributed by atoms with van der Waals surface area (Å²) in [4.78, 5) is 0. The van der Waals surface area contributed by atoms with Crippen LogP contribution in [0.15, 0.2) is 24.3 Å². The topological polar surface area (TPSA) is 38.0 Å². The molecule has 17 heavy (non-hydrogen) atoms. The van der Waals surface area contributed by atoms with Gasteiger partial charge in [-0.3, -0.25) is 11.3 Å². The molecule has 1 aromatic rings. The summed E-state index contributed by atoms with van der Waals surface area (Å²) in [6, 6.07) is 2.00. The number of halogens is 2. The van der Waals surface area contributed by atoms with Crippen LogP contribution in [0.5, 0.6) is 0 Å². The smallest absolute Gasteiger partial charge is 0.130 e. The molecule has 4 heteroatoms. The molecule has 0 aliphatic heterocycles. The summed E-state index contributed by atoms with van der Waals surface area (Å²) in [6.45, 7) is 7.44. The normalized spacial score (nSPS) is 12.5. The van der Waals surface area contributed by atoms with E-state index in [0.717, 1.165) is 18.1 Å². The van der Waals surface area contributed by atoms with Gasteiger partial charge in [0.1, 0.15) is 11.6 Å². The summed E-state index contributed by atoms with van der Waals surface area (Å²) in [5, 5.41) is 0. The number of nitrogens with one attached hydrogen (secondary N) is 1. The van der Waals surface area contributed by atoms with E-state index in [1.807, 2.05) is 6.92 Å². The van der Waals surface area contributed by atoms with Crippen LogP contribution in [0.2, 0.25) is 0 Å². The van der Waals surface area contributed by atoms with Gasteiger partial charge in [0.05, 0.1) is 6.04 Å². The van der Waals surface area contributed by atoms with Crippen molar-refractivity contribution in [3.8, 4) is 0 Å². The molecule has 0 aliphatic carbocycles. The average Bonchev–Trinajstić information content (AvgIpc) is 2.30. The molecule has 0 aliphatic rings. The maximum absolute atomic E-state index is 13.7. The molecule has 94 valence electrons. The molecule has 2 nitrogen and oxygen atoms in total. The number of hydrogen-bond acceptors (Lipinski definition) is 2. The fraction of sp³-hybridized carbons (Fsp3) is 0.385. The molecule has 3 N–H and O–H groups in total. The third-order valence-corrected chi connectivity index (χ3v) is 2.85. The number of hydrazine groups is 1. The number of rotatable bonds is 5. The molecule has 0 amide bonds. The zero-order valence-electron chi connectivity index (χ0n) is 10.2. The van der Waals surface area contributed by atoms with Gasteiger partial charge >= 0.3 is 0 Å². The highest BCUT2D eigenvalue weighted by atomic mass is 19.1. The van der Waals surface area contributed by atoms with Crippen molar-refractivity contribution in [1.29, 1.82) is 0 Å². The molecule has 0 saturated carbocycles. The fourth-order valence-corrected chi connectivity index (χ4v) is 1.64. The fourth-order valence-electron chi connectivity index (χ4n) is 1.64. The minimum absolute atomic E-state index is 0.373. The van der Waals surface area contributed by atoms with Crippen LogP contribution in [-0.2, 0) is 0 Å². The minimum atomic E-state index is -0.583. The molecule has 0 fully saturated rings. The molecule has 0 saturated heterocycles. The molecule has 1 rings (SSSR count). The Balaban J connectivity index is 3.03. The van der Waals surface area contributed by atoms with E-state index in [4.69, 9.17) is 5.84 Å². The Hall–Kier alpha value is -1.26. The lowest BCUT2D eigenvalue weighted by molar-refractivity contribution is 0.497. The molecule has 1 unspecified atom stereocenters. The van der Waals surface area contributed by atoms with Crippen molar-refractivity contribution < 1.29 is 8.78 Å². The Morgan fingerprint density at radius 2 is 2.06 bits per heavy atom. The van der Waals surface area contributed by atoms with Gasteiger partial charge in [-0.25, -0.2) is 8.78 Å². The average molecular weight is 240 g/mol. The third kappa shape index (κ3) is 3.35. The first kappa shape index (κ1) is 13.8. The zero-order chi connectivity index (χ0) is 13.0. The second-order valence-corrected chi connectivity index (χ2v) is 4.15. The van der Waals surface area contributed by atoms with Crippen LogP contribution in [0.1, 0.15) is 36.9 Å². The molecule has 0 radical (unpaired) electrons.